The molecule has 0 saturated carbocycles. The molecule has 0 atom stereocenters. The van der Waals surface area contributed by atoms with Crippen LogP contribution in [-0.4, -0.2) is 11.5 Å². The number of anilines is 3. The van der Waals surface area contributed by atoms with Crippen LogP contribution in [0.3, 0.4) is 0 Å². The zero-order chi connectivity index (χ0) is 16.6. The van der Waals surface area contributed by atoms with Crippen molar-refractivity contribution in [1.82, 2.24) is 0 Å². The number of hydrogen-bond acceptors (Lipinski definition) is 2. The van der Waals surface area contributed by atoms with Gasteiger partial charge in [0.05, 0.1) is 11.4 Å². The second-order valence-electron chi connectivity index (χ2n) is 6.47. The number of rotatable bonds is 2. The highest BCUT2D eigenvalue weighted by Gasteiger charge is 2.28. The van der Waals surface area contributed by atoms with Crippen molar-refractivity contribution in [3.63, 3.8) is 0 Å². The van der Waals surface area contributed by atoms with Gasteiger partial charge < -0.3 is 9.64 Å². The van der Waals surface area contributed by atoms with Gasteiger partial charge in [0.2, 0.25) is 0 Å². The summed E-state index contributed by atoms with van der Waals surface area (Å²) in [6.45, 7) is 0. The van der Waals surface area contributed by atoms with E-state index in [-0.39, 0.29) is 0 Å². The highest BCUT2D eigenvalue weighted by atomic mass is 32.2. The molecule has 3 aromatic carbocycles. The highest BCUT2D eigenvalue weighted by Crippen LogP contribution is 2.50. The van der Waals surface area contributed by atoms with Crippen molar-refractivity contribution in [2.45, 2.75) is 17.7 Å². The van der Waals surface area contributed by atoms with Crippen LogP contribution >= 0.6 is 0 Å². The van der Waals surface area contributed by atoms with Crippen LogP contribution in [0.5, 0.6) is 11.5 Å². The lowest BCUT2D eigenvalue weighted by Crippen LogP contribution is -2.15. The number of benzene rings is 3. The lowest BCUT2D eigenvalue weighted by molar-refractivity contribution is 0.477. The Morgan fingerprint density at radius 1 is 0.680 bits per heavy atom. The van der Waals surface area contributed by atoms with Crippen LogP contribution in [0.25, 0.3) is 0 Å². The van der Waals surface area contributed by atoms with Crippen molar-refractivity contribution in [3.05, 3.63) is 72.8 Å². The van der Waals surface area contributed by atoms with E-state index in [1.165, 1.54) is 34.9 Å². The molecule has 0 aromatic heterocycles. The first kappa shape index (κ1) is 14.9. The Bertz CT molecular complexity index is 854. The summed E-state index contributed by atoms with van der Waals surface area (Å²) >= 11 is 0. The number of hydrogen-bond donors (Lipinski definition) is 0. The van der Waals surface area contributed by atoms with E-state index in [0.29, 0.717) is 10.9 Å². The van der Waals surface area contributed by atoms with Crippen LogP contribution in [-0.2, 0) is 10.9 Å². The third-order valence-corrected chi connectivity index (χ3v) is 7.39. The van der Waals surface area contributed by atoms with Gasteiger partial charge in [0.15, 0.2) is 16.4 Å². The molecule has 124 valence electrons. The lowest BCUT2D eigenvalue weighted by atomic mass is 10.1. The molecule has 0 unspecified atom stereocenters. The van der Waals surface area contributed by atoms with Crippen LogP contribution in [0.1, 0.15) is 12.8 Å². The van der Waals surface area contributed by atoms with Gasteiger partial charge in [-0.05, 0) is 61.4 Å². The van der Waals surface area contributed by atoms with Crippen LogP contribution in [0.2, 0.25) is 0 Å². The first-order chi connectivity index (χ1) is 12.4. The molecule has 3 aromatic rings. The molecule has 1 saturated heterocycles. The Morgan fingerprint density at radius 2 is 1.24 bits per heavy atom. The molecule has 2 nitrogen and oxygen atoms in total. The van der Waals surface area contributed by atoms with E-state index in [1.807, 2.05) is 24.3 Å². The van der Waals surface area contributed by atoms with Gasteiger partial charge in [0.1, 0.15) is 11.5 Å². The summed E-state index contributed by atoms with van der Waals surface area (Å²) in [4.78, 5) is 3.81. The summed E-state index contributed by atoms with van der Waals surface area (Å²) in [6, 6.07) is 25.7. The minimum atomic E-state index is 0.463. The normalized spacial score (nSPS) is 16.2. The SMILES string of the molecule is c1ccc2c(c1)Oc1ccccc1N2c1ccc([S+]2CCCC2)cc1. The Kier molecular flexibility index (Phi) is 3.67. The topological polar surface area (TPSA) is 12.5 Å². The fraction of sp³-hybridized carbons (Fsp3) is 0.182. The van der Waals surface area contributed by atoms with E-state index in [0.717, 1.165) is 22.9 Å². The molecule has 2 aliphatic heterocycles. The van der Waals surface area contributed by atoms with Crippen LogP contribution in [0.15, 0.2) is 77.7 Å². The van der Waals surface area contributed by atoms with Gasteiger partial charge in [-0.15, -0.1) is 0 Å². The Hall–Kier alpha value is -2.39. The molecule has 0 radical (unpaired) electrons. The average molecular weight is 346 g/mol. The Morgan fingerprint density at radius 3 is 1.84 bits per heavy atom. The molecule has 3 heteroatoms. The van der Waals surface area contributed by atoms with Gasteiger partial charge in [0, 0.05) is 16.6 Å². The van der Waals surface area contributed by atoms with Gasteiger partial charge in [0.25, 0.3) is 0 Å². The number of para-hydroxylation sites is 4. The third kappa shape index (κ3) is 2.59. The second kappa shape index (κ2) is 6.16. The van der Waals surface area contributed by atoms with Crippen LogP contribution in [0, 0.1) is 0 Å². The zero-order valence-electron chi connectivity index (χ0n) is 14.0. The van der Waals surface area contributed by atoms with E-state index < -0.39 is 0 Å². The van der Waals surface area contributed by atoms with E-state index in [9.17, 15) is 0 Å². The summed E-state index contributed by atoms with van der Waals surface area (Å²) in [7, 11) is 0.463. The minimum absolute atomic E-state index is 0.463. The van der Waals surface area contributed by atoms with Gasteiger partial charge in [-0.1, -0.05) is 24.3 Å². The highest BCUT2D eigenvalue weighted by molar-refractivity contribution is 7.97. The van der Waals surface area contributed by atoms with Crippen molar-refractivity contribution in [2.75, 3.05) is 16.4 Å². The molecule has 2 aliphatic rings. The van der Waals surface area contributed by atoms with E-state index in [4.69, 9.17) is 4.74 Å². The molecule has 0 bridgehead atoms. The molecule has 0 spiro atoms. The maximum atomic E-state index is 6.09. The molecule has 0 amide bonds. The molecule has 2 heterocycles. The predicted molar refractivity (Wildman–Crippen MR) is 106 cm³/mol. The average Bonchev–Trinajstić information content (AvgIpc) is 3.21. The standard InChI is InChI=1S/C22H20NOS/c1-3-9-21-19(7-1)23(20-8-2-4-10-22(20)24-21)17-11-13-18(14-12-17)25-15-5-6-16-25/h1-4,7-14H,5-6,15-16H2/q+1. The van der Waals surface area contributed by atoms with Crippen molar-refractivity contribution < 1.29 is 4.74 Å². The van der Waals surface area contributed by atoms with E-state index in [1.54, 1.807) is 0 Å². The monoisotopic (exact) mass is 346 g/mol. The predicted octanol–water partition coefficient (Wildman–Crippen LogP) is 6.03. The molecule has 25 heavy (non-hydrogen) atoms. The summed E-state index contributed by atoms with van der Waals surface area (Å²) in [6.07, 6.45) is 2.77. The summed E-state index contributed by atoms with van der Waals surface area (Å²) in [5.74, 6) is 4.54. The van der Waals surface area contributed by atoms with Crippen molar-refractivity contribution in [1.29, 1.82) is 0 Å². The number of fused-ring (bicyclic) bond motifs is 2. The summed E-state index contributed by atoms with van der Waals surface area (Å²) < 4.78 is 6.09. The first-order valence-electron chi connectivity index (χ1n) is 8.84. The molecule has 5 rings (SSSR count). The summed E-state index contributed by atoms with van der Waals surface area (Å²) in [5, 5.41) is 0. The number of nitrogens with zero attached hydrogens (tertiary/aromatic N) is 1. The largest absolute Gasteiger partial charge is 0.453 e. The van der Waals surface area contributed by atoms with Gasteiger partial charge >= 0.3 is 0 Å². The molecular weight excluding hydrogens is 326 g/mol. The van der Waals surface area contributed by atoms with Crippen LogP contribution in [0.4, 0.5) is 17.1 Å². The van der Waals surface area contributed by atoms with Crippen LogP contribution < -0.4 is 9.64 Å². The zero-order valence-corrected chi connectivity index (χ0v) is 14.8. The smallest absolute Gasteiger partial charge is 0.155 e. The van der Waals surface area contributed by atoms with Gasteiger partial charge in [-0.3, -0.25) is 0 Å². The maximum absolute atomic E-state index is 6.09. The van der Waals surface area contributed by atoms with E-state index >= 15 is 0 Å². The van der Waals surface area contributed by atoms with Crippen molar-refractivity contribution in [2.24, 2.45) is 0 Å². The maximum Gasteiger partial charge on any atom is 0.155 e. The van der Waals surface area contributed by atoms with E-state index in [2.05, 4.69) is 53.4 Å². The van der Waals surface area contributed by atoms with Gasteiger partial charge in [-0.25, -0.2) is 0 Å². The second-order valence-corrected chi connectivity index (χ2v) is 8.75. The number of ether oxygens (including phenoxy) is 1. The third-order valence-electron chi connectivity index (χ3n) is 4.89. The minimum Gasteiger partial charge on any atom is -0.453 e. The Labute approximate surface area is 151 Å². The molecule has 0 N–H and O–H groups in total. The Balaban J connectivity index is 1.59. The molecule has 0 aliphatic carbocycles. The molecular formula is C22H20NOS+. The lowest BCUT2D eigenvalue weighted by Gasteiger charge is -2.32. The fourth-order valence-corrected chi connectivity index (χ4v) is 5.96. The first-order valence-corrected chi connectivity index (χ1v) is 10.4. The van der Waals surface area contributed by atoms with Crippen molar-refractivity contribution >= 4 is 28.0 Å². The quantitative estimate of drug-likeness (QED) is 0.411. The van der Waals surface area contributed by atoms with Gasteiger partial charge in [-0.2, -0.15) is 0 Å². The molecule has 1 fully saturated rings. The fourth-order valence-electron chi connectivity index (χ4n) is 3.66. The summed E-state index contributed by atoms with van der Waals surface area (Å²) in [5.41, 5.74) is 3.38. The van der Waals surface area contributed by atoms with Crippen molar-refractivity contribution in [3.8, 4) is 11.5 Å².